The third-order valence-corrected chi connectivity index (χ3v) is 3.01. The minimum Gasteiger partial charge on any atom is -0.494 e. The van der Waals surface area contributed by atoms with Crippen molar-refractivity contribution in [1.29, 1.82) is 0 Å². The lowest BCUT2D eigenvalue weighted by Gasteiger charge is -2.09. The van der Waals surface area contributed by atoms with Gasteiger partial charge in [-0.2, -0.15) is 0 Å². The molecule has 6 heteroatoms. The van der Waals surface area contributed by atoms with Crippen LogP contribution in [0.2, 0.25) is 0 Å². The van der Waals surface area contributed by atoms with Crippen LogP contribution in [0.1, 0.15) is 12.6 Å². The molecule has 0 saturated heterocycles. The van der Waals surface area contributed by atoms with Crippen LogP contribution in [0.4, 0.5) is 11.4 Å². The summed E-state index contributed by atoms with van der Waals surface area (Å²) < 4.78 is 5.41. The van der Waals surface area contributed by atoms with Gasteiger partial charge in [0, 0.05) is 34.6 Å². The largest absolute Gasteiger partial charge is 0.494 e. The fourth-order valence-corrected chi connectivity index (χ4v) is 2.15. The average Bonchev–Trinajstić information content (AvgIpc) is 2.72. The van der Waals surface area contributed by atoms with Crippen LogP contribution in [0.3, 0.4) is 0 Å². The van der Waals surface area contributed by atoms with Gasteiger partial charge in [0.05, 0.1) is 13.2 Å². The molecule has 0 unspecified atom stereocenters. The van der Waals surface area contributed by atoms with Crippen molar-refractivity contribution in [2.75, 3.05) is 17.7 Å². The molecule has 1 aromatic heterocycles. The molecule has 0 bridgehead atoms. The molecule has 0 amide bonds. The molecular weight excluding hydrogens is 250 g/mol. The van der Waals surface area contributed by atoms with Crippen LogP contribution in [0.15, 0.2) is 28.4 Å². The molecule has 0 radical (unpaired) electrons. The molecule has 96 valence electrons. The standard InChI is InChI=1S/C12H15N3O2S/c1-2-17-11-4-8(13)3-9(5-11)14-6-10-7-18-12(16)15-10/h3-5,7,14H,2,6,13H2,1H3,(H,15,16). The maximum absolute atomic E-state index is 11.0. The molecule has 0 aliphatic carbocycles. The van der Waals surface area contributed by atoms with Gasteiger partial charge < -0.3 is 20.8 Å². The summed E-state index contributed by atoms with van der Waals surface area (Å²) in [6.45, 7) is 3.07. The smallest absolute Gasteiger partial charge is 0.304 e. The monoisotopic (exact) mass is 265 g/mol. The Kier molecular flexibility index (Phi) is 3.88. The van der Waals surface area contributed by atoms with E-state index in [1.807, 2.05) is 19.1 Å². The van der Waals surface area contributed by atoms with Crippen LogP contribution in [-0.2, 0) is 6.54 Å². The first-order chi connectivity index (χ1) is 8.67. The Bertz CT molecular complexity index is 577. The Hall–Kier alpha value is -1.95. The summed E-state index contributed by atoms with van der Waals surface area (Å²) in [5, 5.41) is 4.99. The van der Waals surface area contributed by atoms with Crippen molar-refractivity contribution >= 4 is 22.7 Å². The molecule has 18 heavy (non-hydrogen) atoms. The molecule has 0 spiro atoms. The van der Waals surface area contributed by atoms with E-state index in [0.29, 0.717) is 18.8 Å². The number of nitrogens with two attached hydrogens (primary N) is 1. The Morgan fingerprint density at radius 1 is 1.44 bits per heavy atom. The lowest BCUT2D eigenvalue weighted by Crippen LogP contribution is -2.03. The number of aromatic amines is 1. The first-order valence-electron chi connectivity index (χ1n) is 5.61. The van der Waals surface area contributed by atoms with E-state index in [9.17, 15) is 4.79 Å². The quantitative estimate of drug-likeness (QED) is 0.723. The lowest BCUT2D eigenvalue weighted by atomic mass is 10.2. The Morgan fingerprint density at radius 2 is 2.28 bits per heavy atom. The van der Waals surface area contributed by atoms with Gasteiger partial charge in [-0.1, -0.05) is 11.3 Å². The first-order valence-corrected chi connectivity index (χ1v) is 6.49. The third kappa shape index (κ3) is 3.27. The number of rotatable bonds is 5. The number of nitrogen functional groups attached to an aromatic ring is 1. The number of H-pyrrole nitrogens is 1. The number of aromatic nitrogens is 1. The van der Waals surface area contributed by atoms with Gasteiger partial charge in [0.25, 0.3) is 0 Å². The minimum absolute atomic E-state index is 0.0469. The zero-order chi connectivity index (χ0) is 13.0. The number of benzene rings is 1. The van der Waals surface area contributed by atoms with Crippen molar-refractivity contribution in [3.63, 3.8) is 0 Å². The van der Waals surface area contributed by atoms with Crippen molar-refractivity contribution in [2.24, 2.45) is 0 Å². The maximum atomic E-state index is 11.0. The average molecular weight is 265 g/mol. The molecule has 1 aromatic carbocycles. The third-order valence-electron chi connectivity index (χ3n) is 2.29. The second-order valence-corrected chi connectivity index (χ2v) is 4.59. The Labute approximate surface area is 109 Å². The highest BCUT2D eigenvalue weighted by molar-refractivity contribution is 7.07. The lowest BCUT2D eigenvalue weighted by molar-refractivity contribution is 0.340. The van der Waals surface area contributed by atoms with Gasteiger partial charge in [-0.05, 0) is 13.0 Å². The van der Waals surface area contributed by atoms with Gasteiger partial charge in [-0.3, -0.25) is 4.79 Å². The van der Waals surface area contributed by atoms with E-state index < -0.39 is 0 Å². The first kappa shape index (κ1) is 12.5. The summed E-state index contributed by atoms with van der Waals surface area (Å²) in [5.41, 5.74) is 8.15. The fraction of sp³-hybridized carbons (Fsp3) is 0.250. The van der Waals surface area contributed by atoms with E-state index in [4.69, 9.17) is 10.5 Å². The zero-order valence-electron chi connectivity index (χ0n) is 10.0. The predicted octanol–water partition coefficient (Wildman–Crippen LogP) is 2.03. The summed E-state index contributed by atoms with van der Waals surface area (Å²) in [7, 11) is 0. The summed E-state index contributed by atoms with van der Waals surface area (Å²) >= 11 is 1.15. The van der Waals surface area contributed by atoms with Crippen molar-refractivity contribution in [1.82, 2.24) is 4.98 Å². The Morgan fingerprint density at radius 3 is 2.94 bits per heavy atom. The van der Waals surface area contributed by atoms with Gasteiger partial charge in [-0.15, -0.1) is 0 Å². The van der Waals surface area contributed by atoms with Gasteiger partial charge in [0.2, 0.25) is 0 Å². The number of nitrogens with one attached hydrogen (secondary N) is 2. The van der Waals surface area contributed by atoms with E-state index in [0.717, 1.165) is 28.5 Å². The molecule has 0 fully saturated rings. The van der Waals surface area contributed by atoms with Gasteiger partial charge in [-0.25, -0.2) is 0 Å². The van der Waals surface area contributed by atoms with Crippen molar-refractivity contribution in [3.8, 4) is 5.75 Å². The molecule has 2 aromatic rings. The number of thiazole rings is 1. The van der Waals surface area contributed by atoms with Gasteiger partial charge in [0.1, 0.15) is 5.75 Å². The van der Waals surface area contributed by atoms with E-state index in [-0.39, 0.29) is 4.87 Å². The van der Waals surface area contributed by atoms with Crippen molar-refractivity contribution < 1.29 is 4.74 Å². The molecule has 5 nitrogen and oxygen atoms in total. The molecule has 0 atom stereocenters. The van der Waals surface area contributed by atoms with Crippen LogP contribution < -0.4 is 20.7 Å². The molecule has 2 rings (SSSR count). The van der Waals surface area contributed by atoms with Crippen molar-refractivity contribution in [2.45, 2.75) is 13.5 Å². The number of anilines is 2. The second kappa shape index (κ2) is 5.59. The van der Waals surface area contributed by atoms with Crippen LogP contribution in [-0.4, -0.2) is 11.6 Å². The van der Waals surface area contributed by atoms with Gasteiger partial charge >= 0.3 is 4.87 Å². The van der Waals surface area contributed by atoms with E-state index in [2.05, 4.69) is 10.3 Å². The summed E-state index contributed by atoms with van der Waals surface area (Å²) in [6.07, 6.45) is 0. The summed E-state index contributed by atoms with van der Waals surface area (Å²) in [6, 6.07) is 5.48. The minimum atomic E-state index is -0.0469. The summed E-state index contributed by atoms with van der Waals surface area (Å²) in [4.78, 5) is 13.7. The highest BCUT2D eigenvalue weighted by atomic mass is 32.1. The zero-order valence-corrected chi connectivity index (χ0v) is 10.8. The predicted molar refractivity (Wildman–Crippen MR) is 74.3 cm³/mol. The number of hydrogen-bond acceptors (Lipinski definition) is 5. The molecule has 4 N–H and O–H groups in total. The van der Waals surface area contributed by atoms with E-state index in [1.54, 1.807) is 11.4 Å². The van der Waals surface area contributed by atoms with Crippen LogP contribution in [0.25, 0.3) is 0 Å². The topological polar surface area (TPSA) is 80.1 Å². The van der Waals surface area contributed by atoms with Crippen LogP contribution in [0.5, 0.6) is 5.75 Å². The number of ether oxygens (including phenoxy) is 1. The molecule has 0 aliphatic rings. The molecule has 0 aliphatic heterocycles. The molecule has 0 saturated carbocycles. The van der Waals surface area contributed by atoms with E-state index in [1.165, 1.54) is 0 Å². The molecular formula is C12H15N3O2S. The number of hydrogen-bond donors (Lipinski definition) is 3. The highest BCUT2D eigenvalue weighted by Gasteiger charge is 2.01. The van der Waals surface area contributed by atoms with Crippen LogP contribution >= 0.6 is 11.3 Å². The van der Waals surface area contributed by atoms with E-state index >= 15 is 0 Å². The van der Waals surface area contributed by atoms with Crippen LogP contribution in [0, 0.1) is 0 Å². The van der Waals surface area contributed by atoms with Gasteiger partial charge in [0.15, 0.2) is 0 Å². The second-order valence-electron chi connectivity index (χ2n) is 3.75. The normalized spacial score (nSPS) is 10.3. The van der Waals surface area contributed by atoms with Crippen molar-refractivity contribution in [3.05, 3.63) is 38.9 Å². The summed E-state index contributed by atoms with van der Waals surface area (Å²) in [5.74, 6) is 0.735. The maximum Gasteiger partial charge on any atom is 0.304 e. The highest BCUT2D eigenvalue weighted by Crippen LogP contribution is 2.22. The SMILES string of the molecule is CCOc1cc(N)cc(NCc2csc(=O)[nH]2)c1. The molecule has 1 heterocycles. The Balaban J connectivity index is 2.06. The fourth-order valence-electron chi connectivity index (χ4n) is 1.57.